The van der Waals surface area contributed by atoms with Gasteiger partial charge in [0.05, 0.1) is 9.21 Å². The highest BCUT2D eigenvalue weighted by Crippen LogP contribution is 2.30. The molecule has 90 valence electrons. The zero-order chi connectivity index (χ0) is 12.4. The lowest BCUT2D eigenvalue weighted by molar-refractivity contribution is 0.817. The average Bonchev–Trinajstić information content (AvgIpc) is 2.75. The van der Waals surface area contributed by atoms with Gasteiger partial charge in [-0.25, -0.2) is 15.8 Å². The molecule has 0 atom stereocenters. The monoisotopic (exact) mass is 268 g/mol. The van der Waals surface area contributed by atoms with Crippen LogP contribution in [-0.4, -0.2) is 9.97 Å². The molecule has 0 spiro atoms. The Hall–Kier alpha value is -1.17. The molecule has 0 aliphatic rings. The molecular weight excluding hydrogens is 256 g/mol. The van der Waals surface area contributed by atoms with Crippen molar-refractivity contribution in [3.8, 4) is 10.7 Å². The molecule has 6 heteroatoms. The van der Waals surface area contributed by atoms with E-state index in [2.05, 4.69) is 29.2 Å². The lowest BCUT2D eigenvalue weighted by Gasteiger charge is -2.08. The first-order chi connectivity index (χ1) is 8.10. The Morgan fingerprint density at radius 2 is 2.12 bits per heavy atom. The first-order valence-electron chi connectivity index (χ1n) is 5.21. The van der Waals surface area contributed by atoms with Crippen LogP contribution >= 0.6 is 22.9 Å². The van der Waals surface area contributed by atoms with E-state index < -0.39 is 0 Å². The quantitative estimate of drug-likeness (QED) is 0.662. The Morgan fingerprint density at radius 1 is 1.35 bits per heavy atom. The summed E-state index contributed by atoms with van der Waals surface area (Å²) in [5.41, 5.74) is 3.51. The van der Waals surface area contributed by atoms with Crippen LogP contribution in [0.2, 0.25) is 4.34 Å². The van der Waals surface area contributed by atoms with Crippen molar-refractivity contribution in [1.29, 1.82) is 0 Å². The summed E-state index contributed by atoms with van der Waals surface area (Å²) >= 11 is 7.36. The number of hydrazine groups is 1. The molecule has 0 amide bonds. The second-order valence-electron chi connectivity index (χ2n) is 3.90. The number of hydrogen-bond donors (Lipinski definition) is 2. The molecule has 0 aliphatic carbocycles. The lowest BCUT2D eigenvalue weighted by atomic mass is 10.1. The minimum atomic E-state index is 0.319. The van der Waals surface area contributed by atoms with E-state index in [4.69, 9.17) is 17.4 Å². The highest BCUT2D eigenvalue weighted by Gasteiger charge is 2.10. The molecule has 2 aromatic rings. The van der Waals surface area contributed by atoms with Crippen molar-refractivity contribution in [3.05, 3.63) is 28.2 Å². The SMILES string of the molecule is CC(C)c1cc(NN)nc(-c2ccc(Cl)s2)n1. The summed E-state index contributed by atoms with van der Waals surface area (Å²) in [7, 11) is 0. The Labute approximate surface area is 109 Å². The zero-order valence-corrected chi connectivity index (χ0v) is 11.1. The first-order valence-corrected chi connectivity index (χ1v) is 6.41. The van der Waals surface area contributed by atoms with Crippen molar-refractivity contribution in [1.82, 2.24) is 9.97 Å². The Balaban J connectivity index is 2.49. The van der Waals surface area contributed by atoms with E-state index in [1.54, 1.807) is 0 Å². The average molecular weight is 269 g/mol. The lowest BCUT2D eigenvalue weighted by Crippen LogP contribution is -2.10. The number of nitrogen functional groups attached to an aromatic ring is 1. The first kappa shape index (κ1) is 12.3. The van der Waals surface area contributed by atoms with E-state index in [0.29, 0.717) is 17.6 Å². The van der Waals surface area contributed by atoms with E-state index in [1.807, 2.05) is 18.2 Å². The fraction of sp³-hybridized carbons (Fsp3) is 0.273. The maximum Gasteiger partial charge on any atom is 0.171 e. The van der Waals surface area contributed by atoms with Gasteiger partial charge in [0.2, 0.25) is 0 Å². The van der Waals surface area contributed by atoms with Crippen LogP contribution in [0, 0.1) is 0 Å². The molecule has 17 heavy (non-hydrogen) atoms. The highest BCUT2D eigenvalue weighted by molar-refractivity contribution is 7.19. The predicted molar refractivity (Wildman–Crippen MR) is 72.3 cm³/mol. The third-order valence-corrected chi connectivity index (χ3v) is 3.51. The molecule has 0 aromatic carbocycles. The standard InChI is InChI=1S/C11H13ClN4S/c1-6(2)7-5-10(16-13)15-11(14-7)8-3-4-9(12)17-8/h3-6H,13H2,1-2H3,(H,14,15,16). The van der Waals surface area contributed by atoms with Crippen LogP contribution in [0.5, 0.6) is 0 Å². The maximum absolute atomic E-state index is 5.91. The molecule has 0 unspecified atom stereocenters. The summed E-state index contributed by atoms with van der Waals surface area (Å²) in [4.78, 5) is 9.77. The normalized spacial score (nSPS) is 10.9. The molecule has 0 saturated carbocycles. The van der Waals surface area contributed by atoms with Gasteiger partial charge in [-0.15, -0.1) is 11.3 Å². The van der Waals surface area contributed by atoms with Crippen LogP contribution in [-0.2, 0) is 0 Å². The molecule has 0 fully saturated rings. The van der Waals surface area contributed by atoms with Crippen LogP contribution in [0.25, 0.3) is 10.7 Å². The number of nitrogens with two attached hydrogens (primary N) is 1. The largest absolute Gasteiger partial charge is 0.308 e. The van der Waals surface area contributed by atoms with Gasteiger partial charge in [-0.2, -0.15) is 0 Å². The van der Waals surface area contributed by atoms with Crippen LogP contribution in [0.3, 0.4) is 0 Å². The number of halogens is 1. The second kappa shape index (κ2) is 5.00. The van der Waals surface area contributed by atoms with E-state index in [1.165, 1.54) is 11.3 Å². The van der Waals surface area contributed by atoms with Gasteiger partial charge >= 0.3 is 0 Å². The third-order valence-electron chi connectivity index (χ3n) is 2.28. The van der Waals surface area contributed by atoms with E-state index in [-0.39, 0.29) is 0 Å². The van der Waals surface area contributed by atoms with Crippen LogP contribution in [0.15, 0.2) is 18.2 Å². The molecule has 0 saturated heterocycles. The molecule has 2 rings (SSSR count). The van der Waals surface area contributed by atoms with Gasteiger partial charge in [0.15, 0.2) is 5.82 Å². The summed E-state index contributed by atoms with van der Waals surface area (Å²) < 4.78 is 0.723. The summed E-state index contributed by atoms with van der Waals surface area (Å²) in [6.45, 7) is 4.15. The van der Waals surface area contributed by atoms with E-state index in [0.717, 1.165) is 14.9 Å². The van der Waals surface area contributed by atoms with Crippen molar-refractivity contribution in [2.45, 2.75) is 19.8 Å². The zero-order valence-electron chi connectivity index (χ0n) is 9.57. The number of nitrogens with zero attached hydrogens (tertiary/aromatic N) is 2. The van der Waals surface area contributed by atoms with Gasteiger partial charge in [0.1, 0.15) is 5.82 Å². The Morgan fingerprint density at radius 3 is 2.65 bits per heavy atom. The number of rotatable bonds is 3. The summed E-state index contributed by atoms with van der Waals surface area (Å²) in [5.74, 6) is 6.99. The number of anilines is 1. The number of aromatic nitrogens is 2. The molecule has 4 nitrogen and oxygen atoms in total. The van der Waals surface area contributed by atoms with Crippen molar-refractivity contribution in [2.24, 2.45) is 5.84 Å². The fourth-order valence-corrected chi connectivity index (χ4v) is 2.36. The van der Waals surface area contributed by atoms with Crippen molar-refractivity contribution < 1.29 is 0 Å². The Kier molecular flexibility index (Phi) is 3.61. The second-order valence-corrected chi connectivity index (χ2v) is 5.62. The molecule has 0 bridgehead atoms. The predicted octanol–water partition coefficient (Wildman–Crippen LogP) is 3.27. The molecule has 0 aliphatic heterocycles. The summed E-state index contributed by atoms with van der Waals surface area (Å²) in [5, 5.41) is 0. The summed E-state index contributed by atoms with van der Waals surface area (Å²) in [6, 6.07) is 5.60. The summed E-state index contributed by atoms with van der Waals surface area (Å²) in [6.07, 6.45) is 0. The minimum absolute atomic E-state index is 0.319. The fourth-order valence-electron chi connectivity index (χ4n) is 1.38. The van der Waals surface area contributed by atoms with Gasteiger partial charge < -0.3 is 5.43 Å². The minimum Gasteiger partial charge on any atom is -0.308 e. The Bertz CT molecular complexity index is 524. The number of nitrogens with one attached hydrogen (secondary N) is 1. The van der Waals surface area contributed by atoms with Crippen molar-refractivity contribution in [2.75, 3.05) is 5.43 Å². The molecule has 2 aromatic heterocycles. The molecule has 3 N–H and O–H groups in total. The third kappa shape index (κ3) is 2.74. The smallest absolute Gasteiger partial charge is 0.171 e. The molecule has 2 heterocycles. The van der Waals surface area contributed by atoms with Crippen LogP contribution in [0.4, 0.5) is 5.82 Å². The molecular formula is C11H13ClN4S. The van der Waals surface area contributed by atoms with E-state index >= 15 is 0 Å². The van der Waals surface area contributed by atoms with Gasteiger partial charge in [-0.3, -0.25) is 0 Å². The van der Waals surface area contributed by atoms with Crippen molar-refractivity contribution >= 4 is 28.8 Å². The van der Waals surface area contributed by atoms with Crippen molar-refractivity contribution in [3.63, 3.8) is 0 Å². The van der Waals surface area contributed by atoms with Gasteiger partial charge in [0, 0.05) is 11.8 Å². The van der Waals surface area contributed by atoms with Gasteiger partial charge in [0.25, 0.3) is 0 Å². The van der Waals surface area contributed by atoms with Gasteiger partial charge in [-0.1, -0.05) is 25.4 Å². The van der Waals surface area contributed by atoms with Crippen LogP contribution < -0.4 is 11.3 Å². The van der Waals surface area contributed by atoms with Gasteiger partial charge in [-0.05, 0) is 18.1 Å². The number of thiophene rings is 1. The highest BCUT2D eigenvalue weighted by atomic mass is 35.5. The maximum atomic E-state index is 5.91. The topological polar surface area (TPSA) is 63.8 Å². The molecule has 0 radical (unpaired) electrons. The number of hydrogen-bond acceptors (Lipinski definition) is 5. The van der Waals surface area contributed by atoms with Crippen LogP contribution in [0.1, 0.15) is 25.5 Å². The van der Waals surface area contributed by atoms with E-state index in [9.17, 15) is 0 Å².